The van der Waals surface area contributed by atoms with Gasteiger partial charge in [0, 0.05) is 5.92 Å². The topological polar surface area (TPSA) is 41.5 Å². The molecule has 0 spiro atoms. The molecule has 0 aliphatic heterocycles. The summed E-state index contributed by atoms with van der Waals surface area (Å²) in [5.41, 5.74) is 5.71. The summed E-state index contributed by atoms with van der Waals surface area (Å²) in [4.78, 5) is 11.4. The molecule has 0 heterocycles. The van der Waals surface area contributed by atoms with Crippen LogP contribution in [0.4, 0.5) is 0 Å². The minimum absolute atomic E-state index is 0.0476. The Bertz CT molecular complexity index is 416. The fraction of sp³-hybridized carbons (Fsp3) is 0.385. The maximum atomic E-state index is 11.4. The highest BCUT2D eigenvalue weighted by Gasteiger charge is 2.29. The summed E-state index contributed by atoms with van der Waals surface area (Å²) in [5, 5.41) is 4.10. The van der Waals surface area contributed by atoms with Gasteiger partial charge in [0.15, 0.2) is 0 Å². The lowest BCUT2D eigenvalue weighted by Crippen LogP contribution is -2.20. The number of hydrogen-bond acceptors (Lipinski definition) is 2. The van der Waals surface area contributed by atoms with Crippen molar-refractivity contribution in [3.63, 3.8) is 0 Å². The largest absolute Gasteiger partial charge is 0.273 e. The van der Waals surface area contributed by atoms with Crippen LogP contribution in [0.3, 0.4) is 0 Å². The van der Waals surface area contributed by atoms with Crippen LogP contribution in [0.25, 0.3) is 0 Å². The molecule has 1 saturated carbocycles. The molecule has 0 unspecified atom stereocenters. The van der Waals surface area contributed by atoms with E-state index < -0.39 is 0 Å². The van der Waals surface area contributed by atoms with Crippen molar-refractivity contribution in [2.45, 2.75) is 26.7 Å². The number of hydrazone groups is 1. The van der Waals surface area contributed by atoms with Crippen molar-refractivity contribution in [1.82, 2.24) is 5.43 Å². The minimum Gasteiger partial charge on any atom is -0.273 e. The first-order valence-corrected chi connectivity index (χ1v) is 5.58. The monoisotopic (exact) mass is 216 g/mol. The van der Waals surface area contributed by atoms with Gasteiger partial charge in [-0.3, -0.25) is 4.79 Å². The number of hydrogen-bond donors (Lipinski definition) is 1. The van der Waals surface area contributed by atoms with E-state index >= 15 is 0 Å². The molecule has 0 bridgehead atoms. The normalized spacial score (nSPS) is 16.0. The van der Waals surface area contributed by atoms with Crippen LogP contribution in [0, 0.1) is 12.8 Å². The second-order valence-corrected chi connectivity index (χ2v) is 4.31. The zero-order valence-corrected chi connectivity index (χ0v) is 9.66. The van der Waals surface area contributed by atoms with Crippen molar-refractivity contribution in [2.24, 2.45) is 11.0 Å². The van der Waals surface area contributed by atoms with Crippen molar-refractivity contribution >= 4 is 11.6 Å². The fourth-order valence-corrected chi connectivity index (χ4v) is 1.44. The van der Waals surface area contributed by atoms with Crippen molar-refractivity contribution < 1.29 is 4.79 Å². The molecule has 1 aromatic carbocycles. The molecule has 3 heteroatoms. The Morgan fingerprint density at radius 3 is 2.50 bits per heavy atom. The number of carbonyl (C=O) groups excluding carboxylic acids is 1. The Balaban J connectivity index is 2.00. The Hall–Kier alpha value is -1.64. The molecule has 1 aliphatic carbocycles. The van der Waals surface area contributed by atoms with E-state index in [0.717, 1.165) is 24.1 Å². The van der Waals surface area contributed by atoms with Crippen molar-refractivity contribution in [3.8, 4) is 0 Å². The smallest absolute Gasteiger partial charge is 0.243 e. The Kier molecular flexibility index (Phi) is 3.04. The van der Waals surface area contributed by atoms with Gasteiger partial charge in [0.1, 0.15) is 0 Å². The zero-order valence-electron chi connectivity index (χ0n) is 9.66. The van der Waals surface area contributed by atoms with Gasteiger partial charge in [-0.25, -0.2) is 5.43 Å². The third-order valence-electron chi connectivity index (χ3n) is 2.75. The third-order valence-corrected chi connectivity index (χ3v) is 2.75. The molecule has 0 saturated heterocycles. The second-order valence-electron chi connectivity index (χ2n) is 4.31. The van der Waals surface area contributed by atoms with Crippen molar-refractivity contribution in [1.29, 1.82) is 0 Å². The summed E-state index contributed by atoms with van der Waals surface area (Å²) < 4.78 is 0. The molecule has 0 atom stereocenters. The Morgan fingerprint density at radius 1 is 1.31 bits per heavy atom. The average molecular weight is 216 g/mol. The summed E-state index contributed by atoms with van der Waals surface area (Å²) in [5.74, 6) is 0.251. The van der Waals surface area contributed by atoms with Gasteiger partial charge in [0.2, 0.25) is 5.91 Å². The highest BCUT2D eigenvalue weighted by molar-refractivity contribution is 5.99. The van der Waals surface area contributed by atoms with E-state index in [-0.39, 0.29) is 11.8 Å². The number of carbonyl (C=O) groups is 1. The van der Waals surface area contributed by atoms with Crippen LogP contribution in [0.5, 0.6) is 0 Å². The molecule has 84 valence electrons. The first kappa shape index (κ1) is 10.9. The summed E-state index contributed by atoms with van der Waals surface area (Å²) in [6.45, 7) is 3.95. The van der Waals surface area contributed by atoms with E-state index in [1.165, 1.54) is 5.56 Å². The molecule has 16 heavy (non-hydrogen) atoms. The lowest BCUT2D eigenvalue weighted by molar-refractivity contribution is -0.122. The Morgan fingerprint density at radius 2 is 1.94 bits per heavy atom. The maximum absolute atomic E-state index is 11.4. The van der Waals surface area contributed by atoms with E-state index in [9.17, 15) is 4.79 Å². The molecule has 1 aliphatic rings. The predicted molar refractivity (Wildman–Crippen MR) is 64.3 cm³/mol. The van der Waals surface area contributed by atoms with Crippen LogP contribution in [-0.4, -0.2) is 11.6 Å². The van der Waals surface area contributed by atoms with Crippen LogP contribution in [0.15, 0.2) is 29.4 Å². The number of nitrogens with one attached hydrogen (secondary N) is 1. The van der Waals surface area contributed by atoms with Gasteiger partial charge in [-0.2, -0.15) is 5.10 Å². The summed E-state index contributed by atoms with van der Waals surface area (Å²) in [6, 6.07) is 8.10. The van der Waals surface area contributed by atoms with Crippen molar-refractivity contribution in [3.05, 3.63) is 35.4 Å². The summed E-state index contributed by atoms with van der Waals surface area (Å²) in [7, 11) is 0. The molecular weight excluding hydrogens is 200 g/mol. The molecule has 3 nitrogen and oxygen atoms in total. The van der Waals surface area contributed by atoms with E-state index in [1.54, 1.807) is 0 Å². The van der Waals surface area contributed by atoms with Crippen LogP contribution in [0.2, 0.25) is 0 Å². The SMILES string of the molecule is CC(=NNC(=O)C1CC1)c1ccc(C)cc1. The van der Waals surface area contributed by atoms with E-state index in [1.807, 2.05) is 38.1 Å². The standard InChI is InChI=1S/C13H16N2O/c1-9-3-5-11(6-4-9)10(2)14-15-13(16)12-7-8-12/h3-6,12H,7-8H2,1-2H3,(H,15,16). The third kappa shape index (κ3) is 2.69. The number of benzene rings is 1. The zero-order chi connectivity index (χ0) is 11.5. The number of amides is 1. The minimum atomic E-state index is 0.0476. The van der Waals surface area contributed by atoms with Gasteiger partial charge in [-0.15, -0.1) is 0 Å². The van der Waals surface area contributed by atoms with Gasteiger partial charge in [-0.1, -0.05) is 29.8 Å². The molecule has 0 aromatic heterocycles. The first-order chi connectivity index (χ1) is 7.66. The number of nitrogens with zero attached hydrogens (tertiary/aromatic N) is 1. The fourth-order valence-electron chi connectivity index (χ4n) is 1.44. The summed E-state index contributed by atoms with van der Waals surface area (Å²) >= 11 is 0. The molecule has 1 amide bonds. The molecule has 1 aromatic rings. The van der Waals surface area contributed by atoms with E-state index in [4.69, 9.17) is 0 Å². The van der Waals surface area contributed by atoms with Crippen LogP contribution in [0.1, 0.15) is 30.9 Å². The lowest BCUT2D eigenvalue weighted by Gasteiger charge is -2.02. The highest BCUT2D eigenvalue weighted by atomic mass is 16.2. The predicted octanol–water partition coefficient (Wildman–Crippen LogP) is 2.25. The van der Waals surface area contributed by atoms with Gasteiger partial charge >= 0.3 is 0 Å². The van der Waals surface area contributed by atoms with Crippen LogP contribution < -0.4 is 5.43 Å². The van der Waals surface area contributed by atoms with Gasteiger partial charge in [-0.05, 0) is 32.3 Å². The first-order valence-electron chi connectivity index (χ1n) is 5.58. The quantitative estimate of drug-likeness (QED) is 0.611. The second kappa shape index (κ2) is 4.47. The molecule has 1 N–H and O–H groups in total. The molecular formula is C13H16N2O. The molecule has 2 rings (SSSR count). The molecule has 1 fully saturated rings. The Labute approximate surface area is 95.6 Å². The van der Waals surface area contributed by atoms with Crippen LogP contribution >= 0.6 is 0 Å². The van der Waals surface area contributed by atoms with Gasteiger partial charge in [0.25, 0.3) is 0 Å². The van der Waals surface area contributed by atoms with Crippen LogP contribution in [-0.2, 0) is 4.79 Å². The average Bonchev–Trinajstić information content (AvgIpc) is 3.10. The number of aryl methyl sites for hydroxylation is 1. The van der Waals surface area contributed by atoms with Gasteiger partial charge < -0.3 is 0 Å². The van der Waals surface area contributed by atoms with E-state index in [2.05, 4.69) is 10.5 Å². The molecule has 0 radical (unpaired) electrons. The lowest BCUT2D eigenvalue weighted by atomic mass is 10.1. The summed E-state index contributed by atoms with van der Waals surface area (Å²) in [6.07, 6.45) is 2.01. The van der Waals surface area contributed by atoms with E-state index in [0.29, 0.717) is 0 Å². The number of rotatable bonds is 3. The van der Waals surface area contributed by atoms with Crippen molar-refractivity contribution in [2.75, 3.05) is 0 Å². The maximum Gasteiger partial charge on any atom is 0.243 e. The van der Waals surface area contributed by atoms with Gasteiger partial charge in [0.05, 0.1) is 5.71 Å². The highest BCUT2D eigenvalue weighted by Crippen LogP contribution is 2.28.